The van der Waals surface area contributed by atoms with Crippen LogP contribution in [0.5, 0.6) is 0 Å². The Hall–Kier alpha value is -1.85. The molecule has 0 aliphatic carbocycles. The van der Waals surface area contributed by atoms with E-state index >= 15 is 0 Å². The first-order valence-electron chi connectivity index (χ1n) is 8.42. The van der Waals surface area contributed by atoms with Gasteiger partial charge in [-0.05, 0) is 56.0 Å². The predicted octanol–water partition coefficient (Wildman–Crippen LogP) is 2.37. The number of amides is 1. The minimum Gasteiger partial charge on any atom is -0.337 e. The van der Waals surface area contributed by atoms with E-state index < -0.39 is 0 Å². The van der Waals surface area contributed by atoms with Crippen LogP contribution in [0.4, 0.5) is 0 Å². The van der Waals surface area contributed by atoms with Crippen LogP contribution in [0.1, 0.15) is 23.3 Å². The molecule has 2 aliphatic rings. The summed E-state index contributed by atoms with van der Waals surface area (Å²) in [5.74, 6) is 1.52. The third-order valence-electron chi connectivity index (χ3n) is 5.14. The molecule has 2 atom stereocenters. The Morgan fingerprint density at radius 2 is 1.71 bits per heavy atom. The van der Waals surface area contributed by atoms with Crippen molar-refractivity contribution in [2.75, 3.05) is 26.2 Å². The molecule has 0 radical (unpaired) electrons. The largest absolute Gasteiger partial charge is 0.337 e. The standard InChI is InChI=1S/C18H22N4O.ClH/c23-18(21-9-6-14-12-19-13-15(14)7-10-21)17-8-11-22(20-17)16-4-2-1-3-5-16;/h1-5,8,11,14-15,19H,6-7,9-10,12-13H2;1H/t14-,15+;. The van der Waals surface area contributed by atoms with Crippen LogP contribution in [0.25, 0.3) is 5.69 Å². The van der Waals surface area contributed by atoms with Crippen molar-refractivity contribution >= 4 is 18.3 Å². The van der Waals surface area contributed by atoms with E-state index in [0.717, 1.165) is 56.5 Å². The minimum atomic E-state index is 0. The second kappa shape index (κ2) is 7.36. The molecule has 1 aromatic heterocycles. The molecule has 0 saturated carbocycles. The van der Waals surface area contributed by atoms with E-state index in [9.17, 15) is 4.79 Å². The topological polar surface area (TPSA) is 50.2 Å². The number of halogens is 1. The lowest BCUT2D eigenvalue weighted by Gasteiger charge is -2.19. The first-order chi connectivity index (χ1) is 11.3. The number of carbonyl (C=O) groups excluding carboxylic acids is 1. The van der Waals surface area contributed by atoms with E-state index in [1.54, 1.807) is 4.68 Å². The number of likely N-dealkylation sites (tertiary alicyclic amines) is 1. The van der Waals surface area contributed by atoms with Crippen molar-refractivity contribution in [3.8, 4) is 5.69 Å². The lowest BCUT2D eigenvalue weighted by atomic mass is 9.92. The Morgan fingerprint density at radius 1 is 1.04 bits per heavy atom. The number of carbonyl (C=O) groups is 1. The summed E-state index contributed by atoms with van der Waals surface area (Å²) >= 11 is 0. The maximum Gasteiger partial charge on any atom is 0.274 e. The van der Waals surface area contributed by atoms with Gasteiger partial charge in [0.1, 0.15) is 0 Å². The summed E-state index contributed by atoms with van der Waals surface area (Å²) in [6.45, 7) is 3.91. The van der Waals surface area contributed by atoms with Crippen LogP contribution in [0.2, 0.25) is 0 Å². The van der Waals surface area contributed by atoms with Gasteiger partial charge < -0.3 is 10.2 Å². The zero-order valence-electron chi connectivity index (χ0n) is 13.6. The van der Waals surface area contributed by atoms with Gasteiger partial charge in [0.05, 0.1) is 5.69 Å². The fraction of sp³-hybridized carbons (Fsp3) is 0.444. The molecule has 24 heavy (non-hydrogen) atoms. The van der Waals surface area contributed by atoms with Crippen molar-refractivity contribution in [3.63, 3.8) is 0 Å². The van der Waals surface area contributed by atoms with Gasteiger partial charge in [-0.15, -0.1) is 12.4 Å². The molecule has 1 N–H and O–H groups in total. The number of nitrogens with one attached hydrogen (secondary N) is 1. The maximum atomic E-state index is 12.8. The second-order valence-electron chi connectivity index (χ2n) is 6.53. The van der Waals surface area contributed by atoms with Crippen molar-refractivity contribution in [2.45, 2.75) is 12.8 Å². The SMILES string of the molecule is Cl.O=C(c1ccn(-c2ccccc2)n1)N1CC[C@@H]2CNC[C@@H]2CC1. The Kier molecular flexibility index (Phi) is 5.21. The summed E-state index contributed by atoms with van der Waals surface area (Å²) in [4.78, 5) is 14.7. The molecule has 2 aromatic rings. The van der Waals surface area contributed by atoms with Crippen LogP contribution in [-0.4, -0.2) is 46.8 Å². The quantitative estimate of drug-likeness (QED) is 0.908. The molecular formula is C18H23ClN4O. The number of aromatic nitrogens is 2. The van der Waals surface area contributed by atoms with Crippen LogP contribution < -0.4 is 5.32 Å². The van der Waals surface area contributed by atoms with E-state index in [0.29, 0.717) is 5.69 Å². The van der Waals surface area contributed by atoms with E-state index in [4.69, 9.17) is 0 Å². The average molecular weight is 347 g/mol. The summed E-state index contributed by atoms with van der Waals surface area (Å²) in [6.07, 6.45) is 4.06. The summed E-state index contributed by atoms with van der Waals surface area (Å²) in [7, 11) is 0. The van der Waals surface area contributed by atoms with Gasteiger partial charge in [-0.3, -0.25) is 4.79 Å². The van der Waals surface area contributed by atoms with Crippen LogP contribution >= 0.6 is 12.4 Å². The third-order valence-corrected chi connectivity index (χ3v) is 5.14. The Balaban J connectivity index is 0.00000169. The average Bonchev–Trinajstić information content (AvgIpc) is 3.21. The van der Waals surface area contributed by atoms with Crippen molar-refractivity contribution in [3.05, 3.63) is 48.3 Å². The van der Waals surface area contributed by atoms with Gasteiger partial charge in [-0.25, -0.2) is 4.68 Å². The van der Waals surface area contributed by atoms with E-state index in [1.807, 2.05) is 47.5 Å². The highest BCUT2D eigenvalue weighted by Gasteiger charge is 2.32. The molecule has 2 saturated heterocycles. The lowest BCUT2D eigenvalue weighted by molar-refractivity contribution is 0.0752. The molecule has 0 bridgehead atoms. The van der Waals surface area contributed by atoms with E-state index in [-0.39, 0.29) is 18.3 Å². The van der Waals surface area contributed by atoms with E-state index in [2.05, 4.69) is 10.4 Å². The zero-order chi connectivity index (χ0) is 15.6. The molecule has 6 heteroatoms. The summed E-state index contributed by atoms with van der Waals surface area (Å²) < 4.78 is 1.77. The fourth-order valence-corrected chi connectivity index (χ4v) is 3.75. The molecule has 1 aromatic carbocycles. The number of hydrogen-bond acceptors (Lipinski definition) is 3. The Bertz CT molecular complexity index is 673. The van der Waals surface area contributed by atoms with Crippen LogP contribution in [0, 0.1) is 11.8 Å². The highest BCUT2D eigenvalue weighted by molar-refractivity contribution is 5.92. The molecule has 2 fully saturated rings. The van der Waals surface area contributed by atoms with Crippen molar-refractivity contribution in [2.24, 2.45) is 11.8 Å². The molecule has 128 valence electrons. The lowest BCUT2D eigenvalue weighted by Crippen LogP contribution is -2.33. The molecule has 3 heterocycles. The second-order valence-corrected chi connectivity index (χ2v) is 6.53. The number of para-hydroxylation sites is 1. The number of benzene rings is 1. The van der Waals surface area contributed by atoms with Crippen LogP contribution in [0.15, 0.2) is 42.6 Å². The Morgan fingerprint density at radius 3 is 2.38 bits per heavy atom. The highest BCUT2D eigenvalue weighted by Crippen LogP contribution is 2.27. The van der Waals surface area contributed by atoms with E-state index in [1.165, 1.54) is 0 Å². The van der Waals surface area contributed by atoms with Gasteiger partial charge in [0, 0.05) is 19.3 Å². The van der Waals surface area contributed by atoms with Crippen molar-refractivity contribution < 1.29 is 4.79 Å². The fourth-order valence-electron chi connectivity index (χ4n) is 3.75. The first-order valence-corrected chi connectivity index (χ1v) is 8.42. The smallest absolute Gasteiger partial charge is 0.274 e. The van der Waals surface area contributed by atoms with Crippen LogP contribution in [-0.2, 0) is 0 Å². The zero-order valence-corrected chi connectivity index (χ0v) is 14.4. The van der Waals surface area contributed by atoms with Gasteiger partial charge in [-0.2, -0.15) is 5.10 Å². The molecule has 1 amide bonds. The molecule has 5 nitrogen and oxygen atoms in total. The number of fused-ring (bicyclic) bond motifs is 1. The van der Waals surface area contributed by atoms with Gasteiger partial charge >= 0.3 is 0 Å². The number of nitrogens with zero attached hydrogens (tertiary/aromatic N) is 3. The summed E-state index contributed by atoms with van der Waals surface area (Å²) in [6, 6.07) is 11.7. The van der Waals surface area contributed by atoms with Crippen molar-refractivity contribution in [1.29, 1.82) is 0 Å². The summed E-state index contributed by atoms with van der Waals surface area (Å²) in [5.41, 5.74) is 1.52. The highest BCUT2D eigenvalue weighted by atomic mass is 35.5. The predicted molar refractivity (Wildman–Crippen MR) is 95.8 cm³/mol. The normalized spacial score (nSPS) is 23.2. The maximum absolute atomic E-state index is 12.8. The molecular weight excluding hydrogens is 324 g/mol. The Labute approximate surface area is 148 Å². The molecule has 2 aliphatic heterocycles. The van der Waals surface area contributed by atoms with Gasteiger partial charge in [0.15, 0.2) is 5.69 Å². The van der Waals surface area contributed by atoms with Crippen molar-refractivity contribution in [1.82, 2.24) is 20.0 Å². The van der Waals surface area contributed by atoms with Gasteiger partial charge in [-0.1, -0.05) is 18.2 Å². The van der Waals surface area contributed by atoms with Gasteiger partial charge in [0.2, 0.25) is 0 Å². The summed E-state index contributed by atoms with van der Waals surface area (Å²) in [5, 5.41) is 7.94. The number of rotatable bonds is 2. The molecule has 4 rings (SSSR count). The van der Waals surface area contributed by atoms with Crippen LogP contribution in [0.3, 0.4) is 0 Å². The third kappa shape index (κ3) is 3.32. The molecule has 0 unspecified atom stereocenters. The first kappa shape index (κ1) is 17.0. The minimum absolute atomic E-state index is 0. The number of hydrogen-bond donors (Lipinski definition) is 1. The monoisotopic (exact) mass is 346 g/mol. The van der Waals surface area contributed by atoms with Gasteiger partial charge in [0.25, 0.3) is 5.91 Å². The molecule has 0 spiro atoms.